The van der Waals surface area contributed by atoms with Crippen LogP contribution in [-0.2, 0) is 17.6 Å². The Kier molecular flexibility index (Phi) is 6.25. The molecule has 32 heavy (non-hydrogen) atoms. The molecule has 0 unspecified atom stereocenters. The molecule has 1 aliphatic carbocycles. The van der Waals surface area contributed by atoms with Crippen LogP contribution < -0.4 is 5.32 Å². The molecule has 0 fully saturated rings. The number of nitrogens with zero attached hydrogens (tertiary/aromatic N) is 1. The van der Waals surface area contributed by atoms with Crippen molar-refractivity contribution >= 4 is 45.5 Å². The molecule has 164 valence electrons. The number of thiophene rings is 1. The van der Waals surface area contributed by atoms with Gasteiger partial charge in [-0.05, 0) is 54.5 Å². The molecule has 3 aromatic rings. The van der Waals surface area contributed by atoms with Crippen molar-refractivity contribution < 1.29 is 19.2 Å². The number of aryl methyl sites for hydroxylation is 2. The van der Waals surface area contributed by atoms with Crippen molar-refractivity contribution in [1.29, 1.82) is 0 Å². The number of fused-ring (bicyclic) bond motifs is 1. The molecule has 0 atom stereocenters. The van der Waals surface area contributed by atoms with Crippen LogP contribution in [0.15, 0.2) is 41.8 Å². The van der Waals surface area contributed by atoms with E-state index >= 15 is 0 Å². The molecule has 4 rings (SSSR count). The number of methoxy groups -OCH3 is 1. The zero-order valence-electron chi connectivity index (χ0n) is 17.1. The third-order valence-electron chi connectivity index (χ3n) is 5.47. The molecule has 0 saturated heterocycles. The molecule has 7 nitrogen and oxygen atoms in total. The fourth-order valence-corrected chi connectivity index (χ4v) is 5.01. The minimum absolute atomic E-state index is 0.148. The summed E-state index contributed by atoms with van der Waals surface area (Å²) in [7, 11) is 1.27. The summed E-state index contributed by atoms with van der Waals surface area (Å²) < 4.78 is 4.97. The van der Waals surface area contributed by atoms with Crippen LogP contribution in [0.25, 0.3) is 11.1 Å². The van der Waals surface area contributed by atoms with Crippen LogP contribution in [0.3, 0.4) is 0 Å². The molecule has 9 heteroatoms. The number of esters is 1. The molecule has 0 radical (unpaired) electrons. The first-order chi connectivity index (χ1) is 15.4. The van der Waals surface area contributed by atoms with E-state index in [9.17, 15) is 19.7 Å². The van der Waals surface area contributed by atoms with E-state index in [1.807, 2.05) is 6.07 Å². The zero-order valence-corrected chi connectivity index (χ0v) is 18.7. The van der Waals surface area contributed by atoms with E-state index in [1.54, 1.807) is 5.38 Å². The van der Waals surface area contributed by atoms with Gasteiger partial charge in [0.1, 0.15) is 16.1 Å². The maximum absolute atomic E-state index is 12.8. The predicted molar refractivity (Wildman–Crippen MR) is 124 cm³/mol. The van der Waals surface area contributed by atoms with Gasteiger partial charge >= 0.3 is 5.97 Å². The predicted octanol–water partition coefficient (Wildman–Crippen LogP) is 5.89. The van der Waals surface area contributed by atoms with Gasteiger partial charge in [-0.3, -0.25) is 14.9 Å². The molecule has 1 amide bonds. The molecule has 1 aliphatic rings. The summed E-state index contributed by atoms with van der Waals surface area (Å²) in [6, 6.07) is 9.93. The van der Waals surface area contributed by atoms with Gasteiger partial charge < -0.3 is 10.1 Å². The summed E-state index contributed by atoms with van der Waals surface area (Å²) in [6.07, 6.45) is 4.34. The third kappa shape index (κ3) is 4.24. The Balaban J connectivity index is 1.72. The first kappa shape index (κ1) is 22.0. The van der Waals surface area contributed by atoms with Gasteiger partial charge in [0.2, 0.25) is 0 Å². The van der Waals surface area contributed by atoms with Crippen LogP contribution >= 0.6 is 22.9 Å². The van der Waals surface area contributed by atoms with Gasteiger partial charge in [0.05, 0.1) is 12.0 Å². The number of carbonyl (C=O) groups excluding carboxylic acids is 2. The molecule has 0 saturated carbocycles. The van der Waals surface area contributed by atoms with Crippen LogP contribution in [0.2, 0.25) is 5.02 Å². The van der Waals surface area contributed by atoms with Gasteiger partial charge in [-0.1, -0.05) is 29.8 Å². The quantitative estimate of drug-likeness (QED) is 0.284. The zero-order chi connectivity index (χ0) is 22.8. The summed E-state index contributed by atoms with van der Waals surface area (Å²) in [5, 5.41) is 16.2. The summed E-state index contributed by atoms with van der Waals surface area (Å²) in [4.78, 5) is 36.2. The van der Waals surface area contributed by atoms with Crippen molar-refractivity contribution in [1.82, 2.24) is 0 Å². The number of carbonyl (C=O) groups is 2. The summed E-state index contributed by atoms with van der Waals surface area (Å²) in [6.45, 7) is 0. The number of rotatable bonds is 5. The number of halogens is 1. The van der Waals surface area contributed by atoms with Gasteiger partial charge in [0.15, 0.2) is 0 Å². The minimum atomic E-state index is -0.711. The first-order valence-corrected chi connectivity index (χ1v) is 11.2. The molecule has 0 spiro atoms. The Morgan fingerprint density at radius 2 is 1.88 bits per heavy atom. The van der Waals surface area contributed by atoms with Crippen LogP contribution in [-0.4, -0.2) is 23.9 Å². The van der Waals surface area contributed by atoms with E-state index in [0.29, 0.717) is 5.56 Å². The third-order valence-corrected chi connectivity index (χ3v) is 6.60. The first-order valence-electron chi connectivity index (χ1n) is 9.96. The molecule has 1 heterocycles. The monoisotopic (exact) mass is 470 g/mol. The highest BCUT2D eigenvalue weighted by atomic mass is 35.5. The van der Waals surface area contributed by atoms with Crippen LogP contribution in [0.4, 0.5) is 10.7 Å². The number of nitrogens with one attached hydrogen (secondary N) is 1. The largest absolute Gasteiger partial charge is 0.465 e. The molecule has 1 aromatic heterocycles. The highest BCUT2D eigenvalue weighted by molar-refractivity contribution is 7.15. The number of nitro benzene ring substituents is 1. The van der Waals surface area contributed by atoms with Crippen LogP contribution in [0.1, 0.15) is 44.7 Å². The Morgan fingerprint density at radius 1 is 1.12 bits per heavy atom. The second kappa shape index (κ2) is 9.10. The fourth-order valence-electron chi connectivity index (χ4n) is 3.89. The van der Waals surface area contributed by atoms with E-state index in [4.69, 9.17) is 16.3 Å². The maximum atomic E-state index is 12.8. The Labute approximate surface area is 193 Å². The fraction of sp³-hybridized carbons (Fsp3) is 0.217. The number of hydrogen-bond donors (Lipinski definition) is 1. The Hall–Kier alpha value is -3.23. The number of anilines is 1. The lowest BCUT2D eigenvalue weighted by atomic mass is 9.89. The summed E-state index contributed by atoms with van der Waals surface area (Å²) in [5.74, 6) is -1.31. The van der Waals surface area contributed by atoms with E-state index in [2.05, 4.69) is 17.4 Å². The number of benzene rings is 2. The molecule has 2 aromatic carbocycles. The summed E-state index contributed by atoms with van der Waals surface area (Å²) in [5.41, 5.74) is 3.74. The summed E-state index contributed by atoms with van der Waals surface area (Å²) >= 11 is 7.00. The number of ether oxygens (including phenoxy) is 1. The van der Waals surface area contributed by atoms with E-state index < -0.39 is 22.5 Å². The smallest absolute Gasteiger partial charge is 0.341 e. The van der Waals surface area contributed by atoms with Crippen molar-refractivity contribution in [3.8, 4) is 11.1 Å². The molecule has 0 aliphatic heterocycles. The van der Waals surface area contributed by atoms with Crippen LogP contribution in [0.5, 0.6) is 0 Å². The van der Waals surface area contributed by atoms with Crippen molar-refractivity contribution in [3.05, 3.63) is 79.2 Å². The SMILES string of the molecule is COC(=O)c1c(-c2ccc3c(c2)CCCC3)csc1NC(=O)c1ccc(Cl)cc1[N+](=O)[O-]. The Morgan fingerprint density at radius 3 is 2.59 bits per heavy atom. The average Bonchev–Trinajstić information content (AvgIpc) is 3.21. The molecule has 1 N–H and O–H groups in total. The molecule has 0 bridgehead atoms. The second-order valence-corrected chi connectivity index (χ2v) is 8.72. The van der Waals surface area contributed by atoms with Crippen LogP contribution in [0, 0.1) is 10.1 Å². The van der Waals surface area contributed by atoms with Gasteiger partial charge in [-0.2, -0.15) is 0 Å². The van der Waals surface area contributed by atoms with Crippen molar-refractivity contribution in [3.63, 3.8) is 0 Å². The highest BCUT2D eigenvalue weighted by Crippen LogP contribution is 2.38. The van der Waals surface area contributed by atoms with E-state index in [0.717, 1.165) is 42.2 Å². The van der Waals surface area contributed by atoms with Crippen molar-refractivity contribution in [2.24, 2.45) is 0 Å². The topological polar surface area (TPSA) is 98.5 Å². The lowest BCUT2D eigenvalue weighted by Gasteiger charge is -2.16. The Bertz CT molecular complexity index is 1240. The van der Waals surface area contributed by atoms with Crippen molar-refractivity contribution in [2.75, 3.05) is 12.4 Å². The number of nitro groups is 1. The molecular weight excluding hydrogens is 452 g/mol. The van der Waals surface area contributed by atoms with Gasteiger partial charge in [0, 0.05) is 22.0 Å². The maximum Gasteiger partial charge on any atom is 0.341 e. The highest BCUT2D eigenvalue weighted by Gasteiger charge is 2.26. The second-order valence-electron chi connectivity index (χ2n) is 7.41. The minimum Gasteiger partial charge on any atom is -0.465 e. The lowest BCUT2D eigenvalue weighted by molar-refractivity contribution is -0.385. The standard InChI is InChI=1S/C23H19ClN2O5S/c1-31-23(28)20-18(15-7-6-13-4-2-3-5-14(13)10-15)12-32-22(20)25-21(27)17-9-8-16(24)11-19(17)26(29)30/h6-12H,2-5H2,1H3,(H,25,27). The van der Waals surface area contributed by atoms with Gasteiger partial charge in [0.25, 0.3) is 11.6 Å². The van der Waals surface area contributed by atoms with Crippen molar-refractivity contribution in [2.45, 2.75) is 25.7 Å². The normalized spacial score (nSPS) is 12.7. The van der Waals surface area contributed by atoms with E-state index in [-0.39, 0.29) is 21.2 Å². The van der Waals surface area contributed by atoms with E-state index in [1.165, 1.54) is 36.8 Å². The average molecular weight is 471 g/mol. The lowest BCUT2D eigenvalue weighted by Crippen LogP contribution is -2.15. The molecular formula is C23H19ClN2O5S. The van der Waals surface area contributed by atoms with Gasteiger partial charge in [-0.25, -0.2) is 4.79 Å². The number of amides is 1. The van der Waals surface area contributed by atoms with Gasteiger partial charge in [-0.15, -0.1) is 11.3 Å². The number of hydrogen-bond acceptors (Lipinski definition) is 6.